The lowest BCUT2D eigenvalue weighted by Crippen LogP contribution is -2.43. The van der Waals surface area contributed by atoms with E-state index in [9.17, 15) is 4.39 Å². The molecular weight excluding hydrogens is 289 g/mol. The molecule has 0 radical (unpaired) electrons. The summed E-state index contributed by atoms with van der Waals surface area (Å²) in [5.74, 6) is 1.40. The third-order valence-corrected chi connectivity index (χ3v) is 3.98. The molecular formula is C15H22FN3O3. The van der Waals surface area contributed by atoms with Gasteiger partial charge in [0.1, 0.15) is 18.2 Å². The zero-order chi connectivity index (χ0) is 15.2. The summed E-state index contributed by atoms with van der Waals surface area (Å²) in [6.07, 6.45) is 3.79. The van der Waals surface area contributed by atoms with Crippen LogP contribution in [0.5, 0.6) is 5.88 Å². The first-order chi connectivity index (χ1) is 10.8. The van der Waals surface area contributed by atoms with Gasteiger partial charge in [0, 0.05) is 38.4 Å². The van der Waals surface area contributed by atoms with E-state index >= 15 is 0 Å². The largest absolute Gasteiger partial charge is 0.474 e. The standard InChI is InChI=1S/C15H22FN3O3/c16-4-1-13-10-19(5-8-21-13)14-9-15(18-11-17-14)22-12-2-6-20-7-3-12/h9,11-13H,1-8,10H2. The molecule has 7 heteroatoms. The molecule has 1 atom stereocenters. The normalized spacial score (nSPS) is 23.5. The predicted octanol–water partition coefficient (Wildman–Crippen LogP) is 1.60. The Hall–Kier alpha value is -1.47. The zero-order valence-corrected chi connectivity index (χ0v) is 12.6. The van der Waals surface area contributed by atoms with Gasteiger partial charge >= 0.3 is 0 Å². The number of aromatic nitrogens is 2. The van der Waals surface area contributed by atoms with Gasteiger partial charge in [-0.25, -0.2) is 9.97 Å². The first-order valence-corrected chi connectivity index (χ1v) is 7.84. The van der Waals surface area contributed by atoms with Crippen molar-refractivity contribution in [1.82, 2.24) is 9.97 Å². The zero-order valence-electron chi connectivity index (χ0n) is 12.6. The smallest absolute Gasteiger partial charge is 0.218 e. The summed E-state index contributed by atoms with van der Waals surface area (Å²) in [5, 5.41) is 0. The number of hydrogen-bond donors (Lipinski definition) is 0. The fourth-order valence-electron chi connectivity index (χ4n) is 2.76. The lowest BCUT2D eigenvalue weighted by atomic mass is 10.1. The number of nitrogens with zero attached hydrogens (tertiary/aromatic N) is 3. The van der Waals surface area contributed by atoms with E-state index in [2.05, 4.69) is 14.9 Å². The van der Waals surface area contributed by atoms with Gasteiger partial charge < -0.3 is 19.1 Å². The van der Waals surface area contributed by atoms with E-state index in [0.29, 0.717) is 25.5 Å². The molecule has 0 N–H and O–H groups in total. The second-order valence-electron chi connectivity index (χ2n) is 5.56. The third kappa shape index (κ3) is 4.04. The topological polar surface area (TPSA) is 56.7 Å². The Morgan fingerprint density at radius 1 is 1.27 bits per heavy atom. The molecule has 3 rings (SSSR count). The Kier molecular flexibility index (Phi) is 5.39. The molecule has 1 aromatic heterocycles. The van der Waals surface area contributed by atoms with Crippen LogP contribution >= 0.6 is 0 Å². The van der Waals surface area contributed by atoms with Gasteiger partial charge in [-0.2, -0.15) is 0 Å². The number of alkyl halides is 1. The molecule has 2 fully saturated rings. The fraction of sp³-hybridized carbons (Fsp3) is 0.733. The van der Waals surface area contributed by atoms with Gasteiger partial charge in [-0.3, -0.25) is 4.39 Å². The molecule has 2 aliphatic rings. The summed E-state index contributed by atoms with van der Waals surface area (Å²) in [7, 11) is 0. The maximum Gasteiger partial charge on any atom is 0.218 e. The van der Waals surface area contributed by atoms with Gasteiger partial charge in [0.25, 0.3) is 0 Å². The van der Waals surface area contributed by atoms with Crippen molar-refractivity contribution in [3.63, 3.8) is 0 Å². The van der Waals surface area contributed by atoms with E-state index in [1.54, 1.807) is 0 Å². The van der Waals surface area contributed by atoms with Crippen LogP contribution in [0.15, 0.2) is 12.4 Å². The highest BCUT2D eigenvalue weighted by atomic mass is 19.1. The molecule has 6 nitrogen and oxygen atoms in total. The molecule has 1 aromatic rings. The van der Waals surface area contributed by atoms with E-state index in [0.717, 1.165) is 38.4 Å². The Labute approximate surface area is 129 Å². The van der Waals surface area contributed by atoms with Crippen LogP contribution in [0.3, 0.4) is 0 Å². The maximum absolute atomic E-state index is 12.5. The monoisotopic (exact) mass is 311 g/mol. The van der Waals surface area contributed by atoms with Gasteiger partial charge in [0.15, 0.2) is 0 Å². The van der Waals surface area contributed by atoms with Gasteiger partial charge in [0.2, 0.25) is 5.88 Å². The summed E-state index contributed by atoms with van der Waals surface area (Å²) >= 11 is 0. The van der Waals surface area contributed by atoms with Crippen molar-refractivity contribution in [3.8, 4) is 5.88 Å². The molecule has 0 bridgehead atoms. The van der Waals surface area contributed by atoms with E-state index in [1.165, 1.54) is 6.33 Å². The summed E-state index contributed by atoms with van der Waals surface area (Å²) in [4.78, 5) is 10.6. The number of hydrogen-bond acceptors (Lipinski definition) is 6. The van der Waals surface area contributed by atoms with Crippen molar-refractivity contribution in [2.75, 3.05) is 44.5 Å². The minimum Gasteiger partial charge on any atom is -0.474 e. The first kappa shape index (κ1) is 15.4. The Morgan fingerprint density at radius 2 is 2.14 bits per heavy atom. The quantitative estimate of drug-likeness (QED) is 0.823. The maximum atomic E-state index is 12.5. The third-order valence-electron chi connectivity index (χ3n) is 3.98. The van der Waals surface area contributed by atoms with Crippen LogP contribution in [0.1, 0.15) is 19.3 Å². The molecule has 0 spiro atoms. The molecule has 122 valence electrons. The summed E-state index contributed by atoms with van der Waals surface area (Å²) in [6, 6.07) is 1.85. The lowest BCUT2D eigenvalue weighted by Gasteiger charge is -2.33. The van der Waals surface area contributed by atoms with Crippen molar-refractivity contribution in [2.45, 2.75) is 31.5 Å². The molecule has 0 aromatic carbocycles. The van der Waals surface area contributed by atoms with Gasteiger partial charge in [0.05, 0.1) is 32.6 Å². The van der Waals surface area contributed by atoms with E-state index in [4.69, 9.17) is 14.2 Å². The summed E-state index contributed by atoms with van der Waals surface area (Å²) < 4.78 is 29.3. The first-order valence-electron chi connectivity index (χ1n) is 7.84. The average molecular weight is 311 g/mol. The van der Waals surface area contributed by atoms with Crippen LogP contribution in [0.25, 0.3) is 0 Å². The Bertz CT molecular complexity index is 469. The number of halogens is 1. The highest BCUT2D eigenvalue weighted by Gasteiger charge is 2.22. The summed E-state index contributed by atoms with van der Waals surface area (Å²) in [5.41, 5.74) is 0. The SMILES string of the molecule is FCCC1CN(c2cc(OC3CCOCC3)ncn2)CCO1. The molecule has 1 unspecified atom stereocenters. The van der Waals surface area contributed by atoms with Crippen molar-refractivity contribution >= 4 is 5.82 Å². The van der Waals surface area contributed by atoms with Gasteiger partial charge in [-0.05, 0) is 0 Å². The number of ether oxygens (including phenoxy) is 3. The molecule has 0 saturated carbocycles. The summed E-state index contributed by atoms with van der Waals surface area (Å²) in [6.45, 7) is 3.09. The fourth-order valence-corrected chi connectivity index (χ4v) is 2.76. The van der Waals surface area contributed by atoms with Crippen molar-refractivity contribution in [3.05, 3.63) is 12.4 Å². The minimum absolute atomic E-state index is 0.0754. The van der Waals surface area contributed by atoms with Crippen LogP contribution in [0, 0.1) is 0 Å². The van der Waals surface area contributed by atoms with E-state index in [-0.39, 0.29) is 18.9 Å². The molecule has 3 heterocycles. The highest BCUT2D eigenvalue weighted by molar-refractivity contribution is 5.41. The van der Waals surface area contributed by atoms with Crippen LogP contribution in [-0.4, -0.2) is 61.8 Å². The second kappa shape index (κ2) is 7.69. The Balaban J connectivity index is 1.62. The molecule has 22 heavy (non-hydrogen) atoms. The van der Waals surface area contributed by atoms with E-state index < -0.39 is 0 Å². The number of rotatable bonds is 5. The van der Waals surface area contributed by atoms with Crippen molar-refractivity contribution in [1.29, 1.82) is 0 Å². The van der Waals surface area contributed by atoms with Crippen molar-refractivity contribution in [2.24, 2.45) is 0 Å². The predicted molar refractivity (Wildman–Crippen MR) is 79.0 cm³/mol. The molecule has 2 aliphatic heterocycles. The second-order valence-corrected chi connectivity index (χ2v) is 5.56. The van der Waals surface area contributed by atoms with Crippen LogP contribution in [-0.2, 0) is 9.47 Å². The number of morpholine rings is 1. The van der Waals surface area contributed by atoms with Crippen LogP contribution in [0.4, 0.5) is 10.2 Å². The van der Waals surface area contributed by atoms with Crippen LogP contribution in [0.2, 0.25) is 0 Å². The molecule has 2 saturated heterocycles. The lowest BCUT2D eigenvalue weighted by molar-refractivity contribution is 0.0234. The van der Waals surface area contributed by atoms with Crippen molar-refractivity contribution < 1.29 is 18.6 Å². The van der Waals surface area contributed by atoms with Gasteiger partial charge in [-0.15, -0.1) is 0 Å². The minimum atomic E-state index is -0.361. The molecule has 0 aliphatic carbocycles. The van der Waals surface area contributed by atoms with E-state index in [1.807, 2.05) is 6.07 Å². The Morgan fingerprint density at radius 3 is 2.95 bits per heavy atom. The number of anilines is 1. The highest BCUT2D eigenvalue weighted by Crippen LogP contribution is 2.22. The average Bonchev–Trinajstić information content (AvgIpc) is 2.57. The molecule has 0 amide bonds. The van der Waals surface area contributed by atoms with Gasteiger partial charge in [-0.1, -0.05) is 0 Å². The van der Waals surface area contributed by atoms with Crippen LogP contribution < -0.4 is 9.64 Å².